The van der Waals surface area contributed by atoms with E-state index in [0.29, 0.717) is 6.42 Å². The smallest absolute Gasteiger partial charge is 0.155 e. The summed E-state index contributed by atoms with van der Waals surface area (Å²) in [4.78, 5) is 11.7. The van der Waals surface area contributed by atoms with E-state index >= 15 is 0 Å². The molecule has 1 atom stereocenters. The molecular formula is C17H20O3. The molecule has 0 amide bonds. The molecule has 106 valence electrons. The predicted octanol–water partition coefficient (Wildman–Crippen LogP) is 3.20. The molecule has 2 aliphatic carbocycles. The number of rotatable bonds is 2. The average molecular weight is 272 g/mol. The second kappa shape index (κ2) is 4.65. The highest BCUT2D eigenvalue weighted by atomic mass is 16.5. The summed E-state index contributed by atoms with van der Waals surface area (Å²) in [5.41, 5.74) is 3.60. The number of carbonyl (C=O) groups excluding carboxylic acids is 1. The molecule has 0 saturated heterocycles. The van der Waals surface area contributed by atoms with Crippen LogP contribution in [-0.4, -0.2) is 20.0 Å². The Labute approximate surface area is 119 Å². The van der Waals surface area contributed by atoms with Crippen LogP contribution in [-0.2, 0) is 16.6 Å². The van der Waals surface area contributed by atoms with Gasteiger partial charge in [-0.3, -0.25) is 4.79 Å². The molecule has 0 bridgehead atoms. The lowest BCUT2D eigenvalue weighted by Gasteiger charge is -2.42. The minimum Gasteiger partial charge on any atom is -0.496 e. The average Bonchev–Trinajstić information content (AvgIpc) is 2.46. The number of methoxy groups -OCH3 is 2. The van der Waals surface area contributed by atoms with Crippen LogP contribution in [0.2, 0.25) is 0 Å². The molecular weight excluding hydrogens is 252 g/mol. The van der Waals surface area contributed by atoms with Crippen LogP contribution in [0.25, 0.3) is 0 Å². The van der Waals surface area contributed by atoms with Crippen molar-refractivity contribution < 1.29 is 14.3 Å². The fourth-order valence-corrected chi connectivity index (χ4v) is 3.67. The SMILES string of the molecule is COc1ccc(OC)c2c1CCC1=CC(=O)CCC12C. The number of allylic oxidation sites excluding steroid dienone is 2. The Morgan fingerprint density at radius 3 is 2.45 bits per heavy atom. The summed E-state index contributed by atoms with van der Waals surface area (Å²) in [5, 5.41) is 0. The highest BCUT2D eigenvalue weighted by Gasteiger charge is 2.42. The molecule has 0 heterocycles. The number of hydrogen-bond acceptors (Lipinski definition) is 3. The van der Waals surface area contributed by atoms with Gasteiger partial charge >= 0.3 is 0 Å². The summed E-state index contributed by atoms with van der Waals surface area (Å²) in [7, 11) is 3.41. The van der Waals surface area contributed by atoms with Gasteiger partial charge in [-0.2, -0.15) is 0 Å². The Kier molecular flexibility index (Phi) is 3.08. The molecule has 0 aliphatic heterocycles. The molecule has 1 aromatic carbocycles. The van der Waals surface area contributed by atoms with Gasteiger partial charge in [0.15, 0.2) is 5.78 Å². The van der Waals surface area contributed by atoms with E-state index in [4.69, 9.17) is 9.47 Å². The summed E-state index contributed by atoms with van der Waals surface area (Å²) in [6.45, 7) is 2.23. The van der Waals surface area contributed by atoms with E-state index < -0.39 is 0 Å². The number of benzene rings is 1. The van der Waals surface area contributed by atoms with E-state index in [9.17, 15) is 4.79 Å². The first-order valence-electron chi connectivity index (χ1n) is 7.08. The molecule has 1 aromatic rings. The van der Waals surface area contributed by atoms with E-state index in [1.807, 2.05) is 18.2 Å². The fourth-order valence-electron chi connectivity index (χ4n) is 3.67. The van der Waals surface area contributed by atoms with Crippen LogP contribution >= 0.6 is 0 Å². The van der Waals surface area contributed by atoms with Crippen LogP contribution in [0.3, 0.4) is 0 Å². The molecule has 3 heteroatoms. The van der Waals surface area contributed by atoms with E-state index in [1.54, 1.807) is 14.2 Å². The normalized spacial score (nSPS) is 24.6. The van der Waals surface area contributed by atoms with Crippen LogP contribution < -0.4 is 9.47 Å². The molecule has 2 aliphatic rings. The van der Waals surface area contributed by atoms with Gasteiger partial charge in [-0.1, -0.05) is 12.5 Å². The quantitative estimate of drug-likeness (QED) is 0.829. The Morgan fingerprint density at radius 2 is 1.75 bits per heavy atom. The summed E-state index contributed by atoms with van der Waals surface area (Å²) in [6, 6.07) is 3.95. The Hall–Kier alpha value is -1.77. The molecule has 0 spiro atoms. The molecule has 3 rings (SSSR count). The van der Waals surface area contributed by atoms with Gasteiger partial charge in [0, 0.05) is 23.0 Å². The summed E-state index contributed by atoms with van der Waals surface area (Å²) >= 11 is 0. The maximum Gasteiger partial charge on any atom is 0.155 e. The maximum atomic E-state index is 11.7. The van der Waals surface area contributed by atoms with Crippen LogP contribution in [0.15, 0.2) is 23.8 Å². The zero-order valence-electron chi connectivity index (χ0n) is 12.3. The molecule has 1 unspecified atom stereocenters. The molecule has 0 fully saturated rings. The highest BCUT2D eigenvalue weighted by Crippen LogP contribution is 2.51. The van der Waals surface area contributed by atoms with Gasteiger partial charge in [0.1, 0.15) is 11.5 Å². The number of hydrogen-bond donors (Lipinski definition) is 0. The standard InChI is InChI=1S/C17H20O3/c1-17-9-8-12(18)10-11(17)4-5-13-14(19-2)6-7-15(20-3)16(13)17/h6-7,10H,4-5,8-9H2,1-3H3. The van der Waals surface area contributed by atoms with Crippen LogP contribution in [0.4, 0.5) is 0 Å². The third kappa shape index (κ3) is 1.76. The minimum atomic E-state index is -0.0959. The lowest BCUT2D eigenvalue weighted by Crippen LogP contribution is -2.34. The maximum absolute atomic E-state index is 11.7. The Morgan fingerprint density at radius 1 is 1.05 bits per heavy atom. The second-order valence-electron chi connectivity index (χ2n) is 5.79. The monoisotopic (exact) mass is 272 g/mol. The fraction of sp³-hybridized carbons (Fsp3) is 0.471. The lowest BCUT2D eigenvalue weighted by atomic mass is 9.62. The number of fused-ring (bicyclic) bond motifs is 3. The third-order valence-electron chi connectivity index (χ3n) is 4.78. The number of ether oxygens (including phenoxy) is 2. The van der Waals surface area contributed by atoms with E-state index in [2.05, 4.69) is 6.92 Å². The van der Waals surface area contributed by atoms with Crippen molar-refractivity contribution in [2.24, 2.45) is 0 Å². The third-order valence-corrected chi connectivity index (χ3v) is 4.78. The van der Waals surface area contributed by atoms with E-state index in [-0.39, 0.29) is 11.2 Å². The van der Waals surface area contributed by atoms with Crippen molar-refractivity contribution in [3.8, 4) is 11.5 Å². The Bertz CT molecular complexity index is 600. The first-order chi connectivity index (χ1) is 9.60. The van der Waals surface area contributed by atoms with Crippen LogP contribution in [0.1, 0.15) is 37.3 Å². The first kappa shape index (κ1) is 13.2. The van der Waals surface area contributed by atoms with E-state index in [1.165, 1.54) is 16.7 Å². The molecule has 20 heavy (non-hydrogen) atoms. The molecule has 3 nitrogen and oxygen atoms in total. The summed E-state index contributed by atoms with van der Waals surface area (Å²) < 4.78 is 11.1. The first-order valence-corrected chi connectivity index (χ1v) is 7.08. The minimum absolute atomic E-state index is 0.0959. The number of ketones is 1. The molecule has 0 N–H and O–H groups in total. The summed E-state index contributed by atoms with van der Waals surface area (Å²) in [5.74, 6) is 2.09. The van der Waals surface area contributed by atoms with Gasteiger partial charge < -0.3 is 9.47 Å². The largest absolute Gasteiger partial charge is 0.496 e. The Balaban J connectivity index is 2.25. The zero-order chi connectivity index (χ0) is 14.3. The molecule has 0 saturated carbocycles. The van der Waals surface area contributed by atoms with Crippen molar-refractivity contribution in [2.75, 3.05) is 14.2 Å². The molecule has 0 aromatic heterocycles. The second-order valence-corrected chi connectivity index (χ2v) is 5.79. The van der Waals surface area contributed by atoms with Gasteiger partial charge in [0.2, 0.25) is 0 Å². The molecule has 0 radical (unpaired) electrons. The summed E-state index contributed by atoms with van der Waals surface area (Å²) in [6.07, 6.45) is 5.16. The van der Waals surface area contributed by atoms with Crippen LogP contribution in [0, 0.1) is 0 Å². The van der Waals surface area contributed by atoms with Gasteiger partial charge in [-0.05, 0) is 37.5 Å². The van der Waals surface area contributed by atoms with Crippen LogP contribution in [0.5, 0.6) is 11.5 Å². The number of carbonyl (C=O) groups is 1. The predicted molar refractivity (Wildman–Crippen MR) is 77.5 cm³/mol. The van der Waals surface area contributed by atoms with Crippen molar-refractivity contribution >= 4 is 5.78 Å². The zero-order valence-corrected chi connectivity index (χ0v) is 12.3. The van der Waals surface area contributed by atoms with Gasteiger partial charge in [-0.25, -0.2) is 0 Å². The van der Waals surface area contributed by atoms with Crippen molar-refractivity contribution in [1.29, 1.82) is 0 Å². The highest BCUT2D eigenvalue weighted by molar-refractivity contribution is 5.92. The van der Waals surface area contributed by atoms with Crippen molar-refractivity contribution in [1.82, 2.24) is 0 Å². The lowest BCUT2D eigenvalue weighted by molar-refractivity contribution is -0.115. The topological polar surface area (TPSA) is 35.5 Å². The van der Waals surface area contributed by atoms with Crippen molar-refractivity contribution in [3.05, 3.63) is 34.9 Å². The van der Waals surface area contributed by atoms with Gasteiger partial charge in [0.25, 0.3) is 0 Å². The van der Waals surface area contributed by atoms with Crippen molar-refractivity contribution in [2.45, 2.75) is 38.0 Å². The van der Waals surface area contributed by atoms with E-state index in [0.717, 1.165) is 30.8 Å². The van der Waals surface area contributed by atoms with Gasteiger partial charge in [-0.15, -0.1) is 0 Å². The van der Waals surface area contributed by atoms with Crippen molar-refractivity contribution in [3.63, 3.8) is 0 Å². The van der Waals surface area contributed by atoms with Gasteiger partial charge in [0.05, 0.1) is 14.2 Å².